The molecule has 0 saturated heterocycles. The van der Waals surface area contributed by atoms with Crippen LogP contribution in [-0.4, -0.2) is 19.2 Å². The molecule has 1 heterocycles. The molecule has 0 unspecified atom stereocenters. The van der Waals surface area contributed by atoms with Gasteiger partial charge in [-0.05, 0) is 44.6 Å². The van der Waals surface area contributed by atoms with Crippen molar-refractivity contribution in [1.82, 2.24) is 4.98 Å². The quantitative estimate of drug-likeness (QED) is 0.773. The van der Waals surface area contributed by atoms with Crippen LogP contribution in [0.5, 0.6) is 11.8 Å². The molecule has 3 nitrogen and oxygen atoms in total. The predicted molar refractivity (Wildman–Crippen MR) is 57.8 cm³/mol. The van der Waals surface area contributed by atoms with Crippen LogP contribution < -0.4 is 9.47 Å². The maximum atomic E-state index is 5.02. The van der Waals surface area contributed by atoms with Crippen LogP contribution in [0.25, 0.3) is 0 Å². The first-order valence-electron chi connectivity index (χ1n) is 3.13. The molecule has 0 fully saturated rings. The number of hydrogen-bond donors (Lipinski definition) is 0. The van der Waals surface area contributed by atoms with Gasteiger partial charge in [0.05, 0.1) is 22.3 Å². The standard InChI is InChI=1S/C7H7BrINO2/c1-11-6-4(8)3-5(9)7(10-6)12-2/h3H,1-2H3. The summed E-state index contributed by atoms with van der Waals surface area (Å²) in [6, 6.07) is 1.89. The normalized spacial score (nSPS) is 9.67. The average molecular weight is 344 g/mol. The van der Waals surface area contributed by atoms with Crippen LogP contribution in [0.15, 0.2) is 10.5 Å². The van der Waals surface area contributed by atoms with Crippen LogP contribution in [-0.2, 0) is 0 Å². The Morgan fingerprint density at radius 1 is 1.33 bits per heavy atom. The lowest BCUT2D eigenvalue weighted by Crippen LogP contribution is -1.95. The van der Waals surface area contributed by atoms with E-state index in [1.807, 2.05) is 6.07 Å². The zero-order valence-electron chi connectivity index (χ0n) is 6.60. The maximum Gasteiger partial charge on any atom is 0.231 e. The summed E-state index contributed by atoms with van der Waals surface area (Å²) in [5, 5.41) is 0. The van der Waals surface area contributed by atoms with Crippen molar-refractivity contribution in [3.63, 3.8) is 0 Å². The number of ether oxygens (including phenoxy) is 2. The summed E-state index contributed by atoms with van der Waals surface area (Å²) in [5.41, 5.74) is 0. The van der Waals surface area contributed by atoms with E-state index in [2.05, 4.69) is 43.5 Å². The number of nitrogens with zero attached hydrogens (tertiary/aromatic N) is 1. The van der Waals surface area contributed by atoms with Crippen molar-refractivity contribution in [2.45, 2.75) is 0 Å². The zero-order valence-corrected chi connectivity index (χ0v) is 10.3. The summed E-state index contributed by atoms with van der Waals surface area (Å²) in [6.07, 6.45) is 0. The molecule has 0 aliphatic rings. The summed E-state index contributed by atoms with van der Waals surface area (Å²) < 4.78 is 11.8. The minimum atomic E-state index is 0.535. The first-order chi connectivity index (χ1) is 5.69. The first-order valence-corrected chi connectivity index (χ1v) is 5.00. The zero-order chi connectivity index (χ0) is 9.14. The van der Waals surface area contributed by atoms with E-state index in [9.17, 15) is 0 Å². The van der Waals surface area contributed by atoms with Gasteiger partial charge in [-0.3, -0.25) is 0 Å². The summed E-state index contributed by atoms with van der Waals surface area (Å²) in [7, 11) is 3.15. The molecule has 0 N–H and O–H groups in total. The highest BCUT2D eigenvalue weighted by atomic mass is 127. The van der Waals surface area contributed by atoms with E-state index >= 15 is 0 Å². The number of hydrogen-bond acceptors (Lipinski definition) is 3. The lowest BCUT2D eigenvalue weighted by atomic mass is 10.5. The lowest BCUT2D eigenvalue weighted by molar-refractivity contribution is 0.360. The molecule has 0 radical (unpaired) electrons. The van der Waals surface area contributed by atoms with Crippen molar-refractivity contribution in [3.05, 3.63) is 14.1 Å². The van der Waals surface area contributed by atoms with Gasteiger partial charge in [-0.2, -0.15) is 4.98 Å². The highest BCUT2D eigenvalue weighted by Crippen LogP contribution is 2.29. The summed E-state index contributed by atoms with van der Waals surface area (Å²) in [5.74, 6) is 1.11. The van der Waals surface area contributed by atoms with Crippen molar-refractivity contribution >= 4 is 38.5 Å². The second-order valence-electron chi connectivity index (χ2n) is 1.97. The molecular weight excluding hydrogens is 337 g/mol. The van der Waals surface area contributed by atoms with Crippen molar-refractivity contribution < 1.29 is 9.47 Å². The Labute approximate surface area is 92.7 Å². The minimum Gasteiger partial charge on any atom is -0.480 e. The number of rotatable bonds is 2. The minimum absolute atomic E-state index is 0.535. The average Bonchev–Trinajstić information content (AvgIpc) is 2.05. The Morgan fingerprint density at radius 3 is 2.42 bits per heavy atom. The summed E-state index contributed by atoms with van der Waals surface area (Å²) in [6.45, 7) is 0. The third-order valence-electron chi connectivity index (χ3n) is 1.25. The molecule has 0 aliphatic carbocycles. The Bertz CT molecular complexity index is 268. The highest BCUT2D eigenvalue weighted by Gasteiger charge is 2.08. The van der Waals surface area contributed by atoms with Gasteiger partial charge in [0.25, 0.3) is 0 Å². The van der Waals surface area contributed by atoms with Crippen LogP contribution in [0.4, 0.5) is 0 Å². The Balaban J connectivity index is 3.18. The second kappa shape index (κ2) is 4.27. The molecule has 1 aromatic heterocycles. The maximum absolute atomic E-state index is 5.02. The van der Waals surface area contributed by atoms with E-state index < -0.39 is 0 Å². The fourth-order valence-electron chi connectivity index (χ4n) is 0.720. The predicted octanol–water partition coefficient (Wildman–Crippen LogP) is 2.47. The van der Waals surface area contributed by atoms with Crippen LogP contribution in [0.2, 0.25) is 0 Å². The Kier molecular flexibility index (Phi) is 3.57. The fourth-order valence-corrected chi connectivity index (χ4v) is 2.28. The largest absolute Gasteiger partial charge is 0.480 e. The molecule has 0 saturated carbocycles. The Morgan fingerprint density at radius 2 is 1.92 bits per heavy atom. The van der Waals surface area contributed by atoms with Gasteiger partial charge in [0, 0.05) is 0 Å². The van der Waals surface area contributed by atoms with Crippen LogP contribution in [0.1, 0.15) is 0 Å². The van der Waals surface area contributed by atoms with Gasteiger partial charge in [0.15, 0.2) is 0 Å². The van der Waals surface area contributed by atoms with E-state index in [1.165, 1.54) is 0 Å². The molecule has 66 valence electrons. The van der Waals surface area contributed by atoms with E-state index in [0.29, 0.717) is 11.8 Å². The second-order valence-corrected chi connectivity index (χ2v) is 3.99. The van der Waals surface area contributed by atoms with Crippen LogP contribution in [0.3, 0.4) is 0 Å². The van der Waals surface area contributed by atoms with Crippen LogP contribution >= 0.6 is 38.5 Å². The molecule has 0 spiro atoms. The van der Waals surface area contributed by atoms with E-state index in [0.717, 1.165) is 8.04 Å². The number of aromatic nitrogens is 1. The number of pyridine rings is 1. The summed E-state index contributed by atoms with van der Waals surface area (Å²) in [4.78, 5) is 4.11. The van der Waals surface area contributed by atoms with E-state index in [-0.39, 0.29) is 0 Å². The van der Waals surface area contributed by atoms with Gasteiger partial charge in [0.1, 0.15) is 0 Å². The SMILES string of the molecule is COc1nc(OC)c(I)cc1Br. The fraction of sp³-hybridized carbons (Fsp3) is 0.286. The highest BCUT2D eigenvalue weighted by molar-refractivity contribution is 14.1. The van der Waals surface area contributed by atoms with Crippen LogP contribution in [0, 0.1) is 3.57 Å². The van der Waals surface area contributed by atoms with Gasteiger partial charge in [-0.15, -0.1) is 0 Å². The molecule has 12 heavy (non-hydrogen) atoms. The smallest absolute Gasteiger partial charge is 0.231 e. The molecule has 0 aliphatic heterocycles. The molecular formula is C7H7BrINO2. The number of methoxy groups -OCH3 is 2. The molecule has 0 atom stereocenters. The molecule has 0 aromatic carbocycles. The first kappa shape index (κ1) is 10.0. The molecule has 1 rings (SSSR count). The lowest BCUT2D eigenvalue weighted by Gasteiger charge is -2.06. The van der Waals surface area contributed by atoms with Crippen molar-refractivity contribution in [2.75, 3.05) is 14.2 Å². The van der Waals surface area contributed by atoms with Gasteiger partial charge in [0.2, 0.25) is 11.8 Å². The molecule has 1 aromatic rings. The third kappa shape index (κ3) is 2.01. The van der Waals surface area contributed by atoms with Crippen molar-refractivity contribution in [2.24, 2.45) is 0 Å². The molecule has 0 amide bonds. The Hall–Kier alpha value is -0.0400. The van der Waals surface area contributed by atoms with Crippen molar-refractivity contribution in [3.8, 4) is 11.8 Å². The van der Waals surface area contributed by atoms with Gasteiger partial charge >= 0.3 is 0 Å². The number of halogens is 2. The topological polar surface area (TPSA) is 31.4 Å². The molecule has 5 heteroatoms. The van der Waals surface area contributed by atoms with Gasteiger partial charge in [-0.25, -0.2) is 0 Å². The summed E-state index contributed by atoms with van der Waals surface area (Å²) >= 11 is 5.47. The molecule has 0 bridgehead atoms. The van der Waals surface area contributed by atoms with Crippen molar-refractivity contribution in [1.29, 1.82) is 0 Å². The van der Waals surface area contributed by atoms with E-state index in [4.69, 9.17) is 9.47 Å². The van der Waals surface area contributed by atoms with E-state index in [1.54, 1.807) is 14.2 Å². The third-order valence-corrected chi connectivity index (χ3v) is 2.59. The van der Waals surface area contributed by atoms with Gasteiger partial charge < -0.3 is 9.47 Å². The van der Waals surface area contributed by atoms with Gasteiger partial charge in [-0.1, -0.05) is 0 Å². The monoisotopic (exact) mass is 343 g/mol.